The summed E-state index contributed by atoms with van der Waals surface area (Å²) in [5.74, 6) is -0.644. The van der Waals surface area contributed by atoms with E-state index in [4.69, 9.17) is 5.41 Å². The van der Waals surface area contributed by atoms with Crippen molar-refractivity contribution in [3.8, 4) is 17.1 Å². The van der Waals surface area contributed by atoms with Crippen molar-refractivity contribution in [2.75, 3.05) is 0 Å². The average Bonchev–Trinajstić information content (AvgIpc) is 2.82. The lowest BCUT2D eigenvalue weighted by Crippen LogP contribution is -2.35. The van der Waals surface area contributed by atoms with Gasteiger partial charge in [-0.3, -0.25) is 4.79 Å². The maximum Gasteiger partial charge on any atom is 0.417 e. The third kappa shape index (κ3) is 5.19. The predicted octanol–water partition coefficient (Wildman–Crippen LogP) is 5.91. The van der Waals surface area contributed by atoms with Gasteiger partial charge in [0.05, 0.1) is 33.6 Å². The molecule has 1 heterocycles. The van der Waals surface area contributed by atoms with E-state index >= 15 is 0 Å². The molecule has 0 fully saturated rings. The summed E-state index contributed by atoms with van der Waals surface area (Å²) in [5.41, 5.74) is 0.821. The molecule has 0 aliphatic rings. The number of aromatic nitrogens is 2. The molecule has 184 valence electrons. The zero-order chi connectivity index (χ0) is 26.0. The van der Waals surface area contributed by atoms with Gasteiger partial charge in [-0.1, -0.05) is 36.4 Å². The smallest absolute Gasteiger partial charge is 0.417 e. The summed E-state index contributed by atoms with van der Waals surface area (Å²) in [4.78, 5) is 21.7. The van der Waals surface area contributed by atoms with Crippen LogP contribution in [-0.4, -0.2) is 32.7 Å². The highest BCUT2D eigenvalue weighted by atomic mass is 19.4. The Morgan fingerprint density at radius 3 is 2.47 bits per heavy atom. The average molecular weight is 493 g/mol. The van der Waals surface area contributed by atoms with Crippen molar-refractivity contribution in [2.24, 2.45) is 0 Å². The second kappa shape index (κ2) is 9.77. The number of benzene rings is 3. The zero-order valence-corrected chi connectivity index (χ0v) is 19.5. The second-order valence-corrected chi connectivity index (χ2v) is 8.53. The Morgan fingerprint density at radius 2 is 1.75 bits per heavy atom. The lowest BCUT2D eigenvalue weighted by atomic mass is 10.0. The van der Waals surface area contributed by atoms with Crippen LogP contribution < -0.4 is 5.32 Å². The van der Waals surface area contributed by atoms with Gasteiger partial charge in [-0.15, -0.1) is 0 Å². The fourth-order valence-corrected chi connectivity index (χ4v) is 3.94. The van der Waals surface area contributed by atoms with Gasteiger partial charge in [-0.05, 0) is 49.7 Å². The lowest BCUT2D eigenvalue weighted by molar-refractivity contribution is -0.137. The molecule has 4 aromatic rings. The number of hydrogen-bond donors (Lipinski definition) is 3. The number of phenolic OH excluding ortho intramolecular Hbond substituents is 1. The number of nitrogens with zero attached hydrogens (tertiary/aromatic N) is 2. The topological polar surface area (TPSA) is 99.0 Å². The maximum atomic E-state index is 13.3. The van der Waals surface area contributed by atoms with Crippen LogP contribution in [0, 0.1) is 12.3 Å². The predicted molar refractivity (Wildman–Crippen MR) is 131 cm³/mol. The second-order valence-electron chi connectivity index (χ2n) is 8.53. The molecule has 0 saturated heterocycles. The molecule has 0 bridgehead atoms. The number of amides is 1. The first-order valence-corrected chi connectivity index (χ1v) is 11.2. The van der Waals surface area contributed by atoms with Gasteiger partial charge in [0.1, 0.15) is 5.75 Å². The Kier molecular flexibility index (Phi) is 6.74. The number of halogens is 3. The summed E-state index contributed by atoms with van der Waals surface area (Å²) in [6.45, 7) is 3.52. The monoisotopic (exact) mass is 492 g/mol. The molecule has 36 heavy (non-hydrogen) atoms. The van der Waals surface area contributed by atoms with Crippen LogP contribution in [0.15, 0.2) is 66.7 Å². The summed E-state index contributed by atoms with van der Waals surface area (Å²) in [6.07, 6.45) is -4.65. The van der Waals surface area contributed by atoms with Crippen LogP contribution in [0.25, 0.3) is 22.3 Å². The van der Waals surface area contributed by atoms with E-state index in [2.05, 4.69) is 15.3 Å². The largest absolute Gasteiger partial charge is 0.507 e. The van der Waals surface area contributed by atoms with Crippen molar-refractivity contribution in [3.63, 3.8) is 0 Å². The van der Waals surface area contributed by atoms with Crippen molar-refractivity contribution in [3.05, 3.63) is 89.1 Å². The number of aryl methyl sites for hydroxylation is 1. The van der Waals surface area contributed by atoms with Crippen LogP contribution in [0.5, 0.6) is 5.75 Å². The first-order valence-electron chi connectivity index (χ1n) is 11.2. The Hall–Kier alpha value is -4.27. The molecule has 0 saturated carbocycles. The normalized spacial score (nSPS) is 12.4. The van der Waals surface area contributed by atoms with E-state index < -0.39 is 29.3 Å². The van der Waals surface area contributed by atoms with Crippen LogP contribution in [0.4, 0.5) is 13.2 Å². The number of para-hydroxylation sites is 1. The summed E-state index contributed by atoms with van der Waals surface area (Å²) in [5, 5.41) is 22.2. The van der Waals surface area contributed by atoms with E-state index in [1.165, 1.54) is 18.2 Å². The molecule has 3 N–H and O–H groups in total. The van der Waals surface area contributed by atoms with Crippen LogP contribution in [0.1, 0.15) is 40.5 Å². The summed E-state index contributed by atoms with van der Waals surface area (Å²) in [7, 11) is 0. The van der Waals surface area contributed by atoms with E-state index in [9.17, 15) is 23.1 Å². The molecule has 3 aromatic carbocycles. The SMILES string of the molecule is Cc1ccc2c(C(=N)C[C@@H](C)NC(=O)c3ccccc3C(F)(F)F)nc(-c3ccccc3O)nc2c1. The van der Waals surface area contributed by atoms with Gasteiger partial charge in [0.15, 0.2) is 5.82 Å². The van der Waals surface area contributed by atoms with Crippen LogP contribution in [0.3, 0.4) is 0 Å². The molecule has 1 amide bonds. The molecule has 0 aliphatic carbocycles. The molecule has 0 spiro atoms. The van der Waals surface area contributed by atoms with Crippen molar-refractivity contribution < 1.29 is 23.1 Å². The number of fused-ring (bicyclic) bond motifs is 1. The molecule has 0 unspecified atom stereocenters. The van der Waals surface area contributed by atoms with Gasteiger partial charge in [0.2, 0.25) is 0 Å². The summed E-state index contributed by atoms with van der Waals surface area (Å²) >= 11 is 0. The maximum absolute atomic E-state index is 13.3. The zero-order valence-electron chi connectivity index (χ0n) is 19.5. The standard InChI is InChI=1S/C27H23F3N4O2/c1-15-11-12-18-22(13-15)33-25(19-8-4-6-10-23(19)35)34-24(18)21(31)14-16(2)32-26(36)17-7-3-5-9-20(17)27(28,29)30/h3-13,16,31,35H,14H2,1-2H3,(H,32,36)/t16-/m1/s1. The van der Waals surface area contributed by atoms with Crippen molar-refractivity contribution in [2.45, 2.75) is 32.5 Å². The number of carbonyl (C=O) groups excluding carboxylic acids is 1. The molecule has 1 atom stereocenters. The number of nitrogens with one attached hydrogen (secondary N) is 2. The molecule has 0 aliphatic heterocycles. The highest BCUT2D eigenvalue weighted by Gasteiger charge is 2.35. The van der Waals surface area contributed by atoms with Gasteiger partial charge in [0.25, 0.3) is 5.91 Å². The minimum absolute atomic E-state index is 0.00838. The minimum atomic E-state index is -4.67. The van der Waals surface area contributed by atoms with Gasteiger partial charge < -0.3 is 15.8 Å². The van der Waals surface area contributed by atoms with Crippen LogP contribution in [-0.2, 0) is 6.18 Å². The first-order chi connectivity index (χ1) is 17.0. The number of hydrogen-bond acceptors (Lipinski definition) is 5. The van der Waals surface area contributed by atoms with Crippen molar-refractivity contribution >= 4 is 22.5 Å². The van der Waals surface area contributed by atoms with E-state index in [1.807, 2.05) is 19.1 Å². The first kappa shape index (κ1) is 24.8. The summed E-state index contributed by atoms with van der Waals surface area (Å²) in [6, 6.07) is 16.0. The third-order valence-corrected chi connectivity index (χ3v) is 5.65. The number of rotatable bonds is 6. The fraction of sp³-hybridized carbons (Fsp3) is 0.185. The van der Waals surface area contributed by atoms with Gasteiger partial charge in [-0.25, -0.2) is 9.97 Å². The highest BCUT2D eigenvalue weighted by Crippen LogP contribution is 2.32. The Bertz CT molecular complexity index is 1470. The molecular formula is C27H23F3N4O2. The Balaban J connectivity index is 1.63. The fourth-order valence-electron chi connectivity index (χ4n) is 3.94. The number of carbonyl (C=O) groups is 1. The van der Waals surface area contributed by atoms with E-state index in [0.29, 0.717) is 22.2 Å². The molecule has 0 radical (unpaired) electrons. The molecule has 6 nitrogen and oxygen atoms in total. The highest BCUT2D eigenvalue weighted by molar-refractivity contribution is 6.08. The third-order valence-electron chi connectivity index (χ3n) is 5.65. The van der Waals surface area contributed by atoms with E-state index in [-0.39, 0.29) is 23.7 Å². The van der Waals surface area contributed by atoms with Gasteiger partial charge in [0, 0.05) is 17.8 Å². The molecule has 4 rings (SSSR count). The van der Waals surface area contributed by atoms with E-state index in [0.717, 1.165) is 17.7 Å². The van der Waals surface area contributed by atoms with Crippen molar-refractivity contribution in [1.29, 1.82) is 5.41 Å². The quantitative estimate of drug-likeness (QED) is 0.292. The Labute approximate surface area is 205 Å². The number of alkyl halides is 3. The van der Waals surface area contributed by atoms with Crippen LogP contribution >= 0.6 is 0 Å². The molecule has 9 heteroatoms. The molecular weight excluding hydrogens is 469 g/mol. The van der Waals surface area contributed by atoms with Gasteiger partial charge >= 0.3 is 6.18 Å². The lowest BCUT2D eigenvalue weighted by Gasteiger charge is -2.18. The Morgan fingerprint density at radius 1 is 1.06 bits per heavy atom. The van der Waals surface area contributed by atoms with Gasteiger partial charge in [-0.2, -0.15) is 13.2 Å². The number of aromatic hydroxyl groups is 1. The number of phenols is 1. The van der Waals surface area contributed by atoms with E-state index in [1.54, 1.807) is 31.2 Å². The minimum Gasteiger partial charge on any atom is -0.507 e. The van der Waals surface area contributed by atoms with Crippen molar-refractivity contribution in [1.82, 2.24) is 15.3 Å². The summed E-state index contributed by atoms with van der Waals surface area (Å²) < 4.78 is 39.9. The molecule has 1 aromatic heterocycles. The van der Waals surface area contributed by atoms with Crippen LogP contribution in [0.2, 0.25) is 0 Å².